The van der Waals surface area contributed by atoms with Crippen molar-refractivity contribution in [3.8, 4) is 5.75 Å². The molecule has 2 aromatic carbocycles. The predicted octanol–water partition coefficient (Wildman–Crippen LogP) is 3.05. The molecule has 0 aliphatic carbocycles. The molecule has 2 aromatic rings. The van der Waals surface area contributed by atoms with E-state index in [-0.39, 0.29) is 12.5 Å². The van der Waals surface area contributed by atoms with Crippen molar-refractivity contribution in [3.05, 3.63) is 53.0 Å². The molecular formula is C14H13BrN2O2. The van der Waals surface area contributed by atoms with Crippen LogP contribution in [0.25, 0.3) is 0 Å². The summed E-state index contributed by atoms with van der Waals surface area (Å²) < 4.78 is 6.07. The van der Waals surface area contributed by atoms with Gasteiger partial charge in [-0.3, -0.25) is 4.79 Å². The van der Waals surface area contributed by atoms with Gasteiger partial charge in [-0.25, -0.2) is 0 Å². The fourth-order valence-corrected chi connectivity index (χ4v) is 1.88. The van der Waals surface area contributed by atoms with Crippen molar-refractivity contribution in [1.29, 1.82) is 0 Å². The number of hydrogen-bond acceptors (Lipinski definition) is 3. The molecule has 2 rings (SSSR count). The molecule has 0 radical (unpaired) electrons. The maximum Gasteiger partial charge on any atom is 0.262 e. The minimum absolute atomic E-state index is 0.0725. The van der Waals surface area contributed by atoms with E-state index in [0.717, 1.165) is 5.69 Å². The molecule has 98 valence electrons. The van der Waals surface area contributed by atoms with Crippen molar-refractivity contribution in [1.82, 2.24) is 0 Å². The second-order valence-electron chi connectivity index (χ2n) is 3.86. The number of nitrogen functional groups attached to an aromatic ring is 1. The van der Waals surface area contributed by atoms with Crippen LogP contribution in [0.2, 0.25) is 0 Å². The molecule has 0 atom stereocenters. The van der Waals surface area contributed by atoms with E-state index in [2.05, 4.69) is 21.2 Å². The normalized spacial score (nSPS) is 9.95. The zero-order chi connectivity index (χ0) is 13.7. The number of ether oxygens (including phenoxy) is 1. The molecule has 4 nitrogen and oxygen atoms in total. The molecule has 0 saturated carbocycles. The highest BCUT2D eigenvalue weighted by atomic mass is 79.9. The minimum atomic E-state index is -0.222. The summed E-state index contributed by atoms with van der Waals surface area (Å²) in [5.74, 6) is 0.323. The molecule has 5 heteroatoms. The highest BCUT2D eigenvalue weighted by Gasteiger charge is 2.07. The Labute approximate surface area is 119 Å². The number of carbonyl (C=O) groups is 1. The lowest BCUT2D eigenvalue weighted by atomic mass is 10.3. The van der Waals surface area contributed by atoms with Crippen LogP contribution in [-0.2, 0) is 4.79 Å². The standard InChI is InChI=1S/C14H13BrN2O2/c15-14-11(16)7-4-8-12(14)19-9-13(18)17-10-5-2-1-3-6-10/h1-8H,9,16H2,(H,17,18). The van der Waals surface area contributed by atoms with Gasteiger partial charge in [-0.05, 0) is 40.2 Å². The average Bonchev–Trinajstić information content (AvgIpc) is 2.42. The molecule has 0 fully saturated rings. The largest absolute Gasteiger partial charge is 0.483 e. The van der Waals surface area contributed by atoms with Crippen LogP contribution < -0.4 is 15.8 Å². The van der Waals surface area contributed by atoms with E-state index in [1.165, 1.54) is 0 Å². The average molecular weight is 321 g/mol. The zero-order valence-electron chi connectivity index (χ0n) is 10.1. The van der Waals surface area contributed by atoms with Crippen molar-refractivity contribution in [2.75, 3.05) is 17.7 Å². The summed E-state index contributed by atoms with van der Waals surface area (Å²) in [5.41, 5.74) is 7.03. The Morgan fingerprint density at radius 2 is 1.89 bits per heavy atom. The lowest BCUT2D eigenvalue weighted by Crippen LogP contribution is -2.20. The Kier molecular flexibility index (Phi) is 4.41. The van der Waals surface area contributed by atoms with Crippen LogP contribution >= 0.6 is 15.9 Å². The molecule has 0 heterocycles. The first kappa shape index (κ1) is 13.4. The molecule has 0 unspecified atom stereocenters. The van der Waals surface area contributed by atoms with Gasteiger partial charge in [0.15, 0.2) is 6.61 Å². The van der Waals surface area contributed by atoms with Crippen LogP contribution in [-0.4, -0.2) is 12.5 Å². The minimum Gasteiger partial charge on any atom is -0.483 e. The van der Waals surface area contributed by atoms with Gasteiger partial charge in [0.25, 0.3) is 5.91 Å². The molecule has 3 N–H and O–H groups in total. The van der Waals surface area contributed by atoms with Gasteiger partial charge in [-0.15, -0.1) is 0 Å². The van der Waals surface area contributed by atoms with Crippen LogP contribution in [0.1, 0.15) is 0 Å². The quantitative estimate of drug-likeness (QED) is 0.851. The summed E-state index contributed by atoms with van der Waals surface area (Å²) in [4.78, 5) is 11.7. The third-order valence-corrected chi connectivity index (χ3v) is 3.26. The highest BCUT2D eigenvalue weighted by Crippen LogP contribution is 2.30. The fourth-order valence-electron chi connectivity index (χ4n) is 1.50. The number of halogens is 1. The molecule has 0 aliphatic rings. The SMILES string of the molecule is Nc1cccc(OCC(=O)Nc2ccccc2)c1Br. The smallest absolute Gasteiger partial charge is 0.262 e. The van der Waals surface area contributed by atoms with Gasteiger partial charge < -0.3 is 15.8 Å². The van der Waals surface area contributed by atoms with E-state index in [0.29, 0.717) is 15.9 Å². The first-order valence-corrected chi connectivity index (χ1v) is 6.48. The van der Waals surface area contributed by atoms with Crippen molar-refractivity contribution < 1.29 is 9.53 Å². The summed E-state index contributed by atoms with van der Waals surface area (Å²) in [7, 11) is 0. The Bertz CT molecular complexity index is 573. The third kappa shape index (κ3) is 3.72. The van der Waals surface area contributed by atoms with Gasteiger partial charge in [0.1, 0.15) is 5.75 Å². The van der Waals surface area contributed by atoms with E-state index < -0.39 is 0 Å². The predicted molar refractivity (Wildman–Crippen MR) is 79.1 cm³/mol. The maximum atomic E-state index is 11.7. The van der Waals surface area contributed by atoms with Crippen LogP contribution in [0, 0.1) is 0 Å². The fraction of sp³-hybridized carbons (Fsp3) is 0.0714. The van der Waals surface area contributed by atoms with E-state index in [4.69, 9.17) is 10.5 Å². The monoisotopic (exact) mass is 320 g/mol. The van der Waals surface area contributed by atoms with Crippen molar-refractivity contribution in [2.45, 2.75) is 0 Å². The zero-order valence-corrected chi connectivity index (χ0v) is 11.7. The van der Waals surface area contributed by atoms with Gasteiger partial charge >= 0.3 is 0 Å². The van der Waals surface area contributed by atoms with E-state index in [9.17, 15) is 4.79 Å². The number of benzene rings is 2. The maximum absolute atomic E-state index is 11.7. The number of nitrogens with two attached hydrogens (primary N) is 1. The molecule has 19 heavy (non-hydrogen) atoms. The van der Waals surface area contributed by atoms with Crippen LogP contribution in [0.3, 0.4) is 0 Å². The summed E-state index contributed by atoms with van der Waals surface area (Å²) in [6.07, 6.45) is 0. The molecule has 0 aromatic heterocycles. The second-order valence-corrected chi connectivity index (χ2v) is 4.66. The van der Waals surface area contributed by atoms with E-state index >= 15 is 0 Å². The van der Waals surface area contributed by atoms with Gasteiger partial charge in [0.2, 0.25) is 0 Å². The first-order valence-electron chi connectivity index (χ1n) is 5.68. The van der Waals surface area contributed by atoms with Gasteiger partial charge in [-0.2, -0.15) is 0 Å². The summed E-state index contributed by atoms with van der Waals surface area (Å²) in [5, 5.41) is 2.74. The molecule has 0 spiro atoms. The lowest BCUT2D eigenvalue weighted by molar-refractivity contribution is -0.118. The number of para-hydroxylation sites is 1. The number of hydrogen-bond donors (Lipinski definition) is 2. The second kappa shape index (κ2) is 6.24. The molecular weight excluding hydrogens is 308 g/mol. The molecule has 0 saturated heterocycles. The van der Waals surface area contributed by atoms with Gasteiger partial charge in [-0.1, -0.05) is 24.3 Å². The molecule has 1 amide bonds. The van der Waals surface area contributed by atoms with Crippen molar-refractivity contribution in [2.24, 2.45) is 0 Å². The van der Waals surface area contributed by atoms with Gasteiger partial charge in [0, 0.05) is 11.4 Å². The van der Waals surface area contributed by atoms with Crippen LogP contribution in [0.4, 0.5) is 11.4 Å². The topological polar surface area (TPSA) is 64.3 Å². The number of nitrogens with one attached hydrogen (secondary N) is 1. The molecule has 0 aliphatic heterocycles. The van der Waals surface area contributed by atoms with Crippen LogP contribution in [0.15, 0.2) is 53.0 Å². The highest BCUT2D eigenvalue weighted by molar-refractivity contribution is 9.10. The Balaban J connectivity index is 1.92. The first-order chi connectivity index (χ1) is 9.16. The summed E-state index contributed by atoms with van der Waals surface area (Å²) in [6, 6.07) is 14.5. The number of amides is 1. The van der Waals surface area contributed by atoms with E-state index in [1.54, 1.807) is 18.2 Å². The summed E-state index contributed by atoms with van der Waals surface area (Å²) >= 11 is 3.32. The number of anilines is 2. The molecule has 0 bridgehead atoms. The number of rotatable bonds is 4. The lowest BCUT2D eigenvalue weighted by Gasteiger charge is -2.09. The third-order valence-electron chi connectivity index (χ3n) is 2.41. The Morgan fingerprint density at radius 1 is 1.16 bits per heavy atom. The van der Waals surface area contributed by atoms with Crippen molar-refractivity contribution >= 4 is 33.2 Å². The number of carbonyl (C=O) groups excluding carboxylic acids is 1. The van der Waals surface area contributed by atoms with Crippen molar-refractivity contribution in [3.63, 3.8) is 0 Å². The Morgan fingerprint density at radius 3 is 2.63 bits per heavy atom. The van der Waals surface area contributed by atoms with Gasteiger partial charge in [0.05, 0.1) is 4.47 Å². The van der Waals surface area contributed by atoms with E-state index in [1.807, 2.05) is 30.3 Å². The summed E-state index contributed by atoms with van der Waals surface area (Å²) in [6.45, 7) is -0.0725. The van der Waals surface area contributed by atoms with Crippen LogP contribution in [0.5, 0.6) is 5.75 Å². The Hall–Kier alpha value is -2.01.